The SMILES string of the molecule is Cc1ccc(C(=O)NC(C)(C)CN)cc1[N+](=O)[O-].Cl. The van der Waals surface area contributed by atoms with E-state index < -0.39 is 10.5 Å². The Kier molecular flexibility index (Phi) is 5.92. The number of carbonyl (C=O) groups excluding carboxylic acids is 1. The number of carbonyl (C=O) groups is 1. The van der Waals surface area contributed by atoms with Gasteiger partial charge in [-0.1, -0.05) is 6.07 Å². The fourth-order valence-electron chi connectivity index (χ4n) is 1.38. The normalized spacial score (nSPS) is 10.5. The Bertz CT molecular complexity index is 489. The fourth-order valence-corrected chi connectivity index (χ4v) is 1.38. The van der Waals surface area contributed by atoms with Gasteiger partial charge in [0.1, 0.15) is 0 Å². The number of nitro benzene ring substituents is 1. The third-order valence-corrected chi connectivity index (χ3v) is 2.63. The molecule has 1 rings (SSSR count). The summed E-state index contributed by atoms with van der Waals surface area (Å²) in [5.74, 6) is -0.367. The van der Waals surface area contributed by atoms with Gasteiger partial charge in [0.05, 0.1) is 4.92 Å². The van der Waals surface area contributed by atoms with E-state index in [1.54, 1.807) is 32.9 Å². The molecular weight excluding hydrogens is 270 g/mol. The van der Waals surface area contributed by atoms with E-state index in [1.807, 2.05) is 0 Å². The molecule has 19 heavy (non-hydrogen) atoms. The second kappa shape index (κ2) is 6.49. The monoisotopic (exact) mass is 287 g/mol. The lowest BCUT2D eigenvalue weighted by Crippen LogP contribution is -2.48. The van der Waals surface area contributed by atoms with Crippen molar-refractivity contribution in [2.45, 2.75) is 26.3 Å². The van der Waals surface area contributed by atoms with Crippen LogP contribution in [0.15, 0.2) is 18.2 Å². The molecule has 0 fully saturated rings. The van der Waals surface area contributed by atoms with Crippen LogP contribution in [0.2, 0.25) is 0 Å². The van der Waals surface area contributed by atoms with Crippen molar-refractivity contribution in [3.8, 4) is 0 Å². The molecule has 0 atom stereocenters. The van der Waals surface area contributed by atoms with Gasteiger partial charge in [-0.15, -0.1) is 12.4 Å². The summed E-state index contributed by atoms with van der Waals surface area (Å²) in [6.45, 7) is 5.48. The summed E-state index contributed by atoms with van der Waals surface area (Å²) in [4.78, 5) is 22.2. The molecule has 0 saturated heterocycles. The van der Waals surface area contributed by atoms with Crippen molar-refractivity contribution in [3.63, 3.8) is 0 Å². The first-order chi connectivity index (χ1) is 8.26. The Morgan fingerprint density at radius 1 is 1.47 bits per heavy atom. The highest BCUT2D eigenvalue weighted by molar-refractivity contribution is 5.95. The fraction of sp³-hybridized carbons (Fsp3) is 0.417. The van der Waals surface area contributed by atoms with E-state index in [0.29, 0.717) is 5.56 Å². The number of nitro groups is 1. The zero-order valence-corrected chi connectivity index (χ0v) is 11.9. The third-order valence-electron chi connectivity index (χ3n) is 2.63. The molecule has 106 valence electrons. The number of nitrogens with one attached hydrogen (secondary N) is 1. The minimum Gasteiger partial charge on any atom is -0.346 e. The molecule has 3 N–H and O–H groups in total. The Balaban J connectivity index is 0.00000324. The lowest BCUT2D eigenvalue weighted by molar-refractivity contribution is -0.385. The average molecular weight is 288 g/mol. The zero-order chi connectivity index (χ0) is 13.9. The molecular formula is C12H18ClN3O3. The first-order valence-corrected chi connectivity index (χ1v) is 5.54. The van der Waals surface area contributed by atoms with Crippen molar-refractivity contribution >= 4 is 24.0 Å². The molecule has 0 aliphatic heterocycles. The summed E-state index contributed by atoms with van der Waals surface area (Å²) in [6.07, 6.45) is 0. The summed E-state index contributed by atoms with van der Waals surface area (Å²) in [6, 6.07) is 4.39. The summed E-state index contributed by atoms with van der Waals surface area (Å²) in [5, 5.41) is 13.5. The van der Waals surface area contributed by atoms with Crippen LogP contribution in [0, 0.1) is 17.0 Å². The van der Waals surface area contributed by atoms with Crippen molar-refractivity contribution in [2.75, 3.05) is 6.54 Å². The van der Waals surface area contributed by atoms with Gasteiger partial charge in [-0.05, 0) is 26.8 Å². The van der Waals surface area contributed by atoms with Gasteiger partial charge in [0, 0.05) is 29.3 Å². The van der Waals surface area contributed by atoms with Gasteiger partial charge in [0.25, 0.3) is 11.6 Å². The molecule has 0 bridgehead atoms. The minimum atomic E-state index is -0.545. The molecule has 1 aromatic carbocycles. The van der Waals surface area contributed by atoms with Crippen LogP contribution in [-0.4, -0.2) is 22.9 Å². The van der Waals surface area contributed by atoms with Gasteiger partial charge in [-0.25, -0.2) is 0 Å². The second-order valence-electron chi connectivity index (χ2n) is 4.80. The molecule has 0 aliphatic rings. The number of amides is 1. The van der Waals surface area contributed by atoms with Crippen molar-refractivity contribution in [1.82, 2.24) is 5.32 Å². The minimum absolute atomic E-state index is 0. The van der Waals surface area contributed by atoms with Gasteiger partial charge < -0.3 is 11.1 Å². The zero-order valence-electron chi connectivity index (χ0n) is 11.1. The highest BCUT2D eigenvalue weighted by Gasteiger charge is 2.21. The van der Waals surface area contributed by atoms with E-state index >= 15 is 0 Å². The molecule has 0 heterocycles. The molecule has 0 aromatic heterocycles. The Hall–Kier alpha value is -1.66. The van der Waals surface area contributed by atoms with Crippen LogP contribution in [-0.2, 0) is 0 Å². The van der Waals surface area contributed by atoms with Crippen LogP contribution in [0.25, 0.3) is 0 Å². The van der Waals surface area contributed by atoms with E-state index in [2.05, 4.69) is 5.32 Å². The number of aryl methyl sites for hydroxylation is 1. The maximum Gasteiger partial charge on any atom is 0.273 e. The van der Waals surface area contributed by atoms with Crippen molar-refractivity contribution in [1.29, 1.82) is 0 Å². The molecule has 0 saturated carbocycles. The average Bonchev–Trinajstić information content (AvgIpc) is 2.28. The van der Waals surface area contributed by atoms with Crippen LogP contribution in [0.1, 0.15) is 29.8 Å². The maximum absolute atomic E-state index is 11.9. The number of rotatable bonds is 4. The van der Waals surface area contributed by atoms with Gasteiger partial charge in [0.15, 0.2) is 0 Å². The van der Waals surface area contributed by atoms with Gasteiger partial charge in [-0.2, -0.15) is 0 Å². The van der Waals surface area contributed by atoms with Crippen molar-refractivity contribution in [3.05, 3.63) is 39.4 Å². The molecule has 1 aromatic rings. The number of nitrogens with zero attached hydrogens (tertiary/aromatic N) is 1. The number of halogens is 1. The van der Waals surface area contributed by atoms with Crippen LogP contribution < -0.4 is 11.1 Å². The van der Waals surface area contributed by atoms with Crippen molar-refractivity contribution in [2.24, 2.45) is 5.73 Å². The van der Waals surface area contributed by atoms with E-state index in [-0.39, 0.29) is 36.1 Å². The Labute approximate surface area is 117 Å². The molecule has 1 amide bonds. The van der Waals surface area contributed by atoms with Crippen molar-refractivity contribution < 1.29 is 9.72 Å². The summed E-state index contributed by atoms with van der Waals surface area (Å²) in [7, 11) is 0. The predicted octanol–water partition coefficient (Wildman–Crippen LogP) is 1.79. The summed E-state index contributed by atoms with van der Waals surface area (Å²) in [5.41, 5.74) is 5.69. The van der Waals surface area contributed by atoms with Crippen LogP contribution in [0.5, 0.6) is 0 Å². The van der Waals surface area contributed by atoms with E-state index in [9.17, 15) is 14.9 Å². The second-order valence-corrected chi connectivity index (χ2v) is 4.80. The number of hydrogen-bond donors (Lipinski definition) is 2. The maximum atomic E-state index is 11.9. The van der Waals surface area contributed by atoms with Crippen LogP contribution >= 0.6 is 12.4 Å². The van der Waals surface area contributed by atoms with E-state index in [4.69, 9.17) is 5.73 Å². The standard InChI is InChI=1S/C12H17N3O3.ClH/c1-8-4-5-9(6-10(8)15(17)18)11(16)14-12(2,3)7-13;/h4-6H,7,13H2,1-3H3,(H,14,16);1H. The summed E-state index contributed by atoms with van der Waals surface area (Å²) < 4.78 is 0. The van der Waals surface area contributed by atoms with Crippen LogP contribution in [0.3, 0.4) is 0 Å². The number of benzene rings is 1. The first-order valence-electron chi connectivity index (χ1n) is 5.54. The smallest absolute Gasteiger partial charge is 0.273 e. The quantitative estimate of drug-likeness (QED) is 0.651. The highest BCUT2D eigenvalue weighted by Crippen LogP contribution is 2.19. The topological polar surface area (TPSA) is 98.3 Å². The molecule has 0 radical (unpaired) electrons. The molecule has 0 spiro atoms. The lowest BCUT2D eigenvalue weighted by atomic mass is 10.0. The Morgan fingerprint density at radius 3 is 2.53 bits per heavy atom. The Morgan fingerprint density at radius 2 is 2.05 bits per heavy atom. The highest BCUT2D eigenvalue weighted by atomic mass is 35.5. The molecule has 0 unspecified atom stereocenters. The van der Waals surface area contributed by atoms with E-state index in [1.165, 1.54) is 6.07 Å². The van der Waals surface area contributed by atoms with Gasteiger partial charge >= 0.3 is 0 Å². The predicted molar refractivity (Wildman–Crippen MR) is 75.7 cm³/mol. The van der Waals surface area contributed by atoms with Gasteiger partial charge in [0.2, 0.25) is 0 Å². The van der Waals surface area contributed by atoms with Crippen LogP contribution in [0.4, 0.5) is 5.69 Å². The summed E-state index contributed by atoms with van der Waals surface area (Å²) >= 11 is 0. The first kappa shape index (κ1) is 17.3. The van der Waals surface area contributed by atoms with E-state index in [0.717, 1.165) is 0 Å². The van der Waals surface area contributed by atoms with Gasteiger partial charge in [-0.3, -0.25) is 14.9 Å². The molecule has 0 aliphatic carbocycles. The largest absolute Gasteiger partial charge is 0.346 e. The number of nitrogens with two attached hydrogens (primary N) is 1. The molecule has 6 nitrogen and oxygen atoms in total. The molecule has 7 heteroatoms. The lowest BCUT2D eigenvalue weighted by Gasteiger charge is -2.24. The third kappa shape index (κ3) is 4.50. The number of hydrogen-bond acceptors (Lipinski definition) is 4.